The first kappa shape index (κ1) is 11.6. The average molecular weight is 224 g/mol. The van der Waals surface area contributed by atoms with Gasteiger partial charge in [-0.05, 0) is 30.5 Å². The first-order valence-electron chi connectivity index (χ1n) is 5.82. The number of hydrogen-bond acceptors (Lipinski definition) is 1. The van der Waals surface area contributed by atoms with Crippen molar-refractivity contribution in [3.63, 3.8) is 0 Å². The number of carbonyl (C=O) groups is 1. The van der Waals surface area contributed by atoms with Crippen LogP contribution in [0.4, 0.5) is 0 Å². The summed E-state index contributed by atoms with van der Waals surface area (Å²) >= 11 is 0. The third-order valence-electron chi connectivity index (χ3n) is 3.16. The minimum absolute atomic E-state index is 0.180. The monoisotopic (exact) mass is 224 g/mol. The molecule has 1 heteroatoms. The fraction of sp³-hybridized carbons (Fsp3) is 0.188. The summed E-state index contributed by atoms with van der Waals surface area (Å²) in [7, 11) is 0. The Morgan fingerprint density at radius 3 is 2.35 bits per heavy atom. The van der Waals surface area contributed by atoms with Crippen LogP contribution in [-0.2, 0) is 6.42 Å². The summed E-state index contributed by atoms with van der Waals surface area (Å²) in [5.41, 5.74) is 4.37. The van der Waals surface area contributed by atoms with E-state index in [2.05, 4.69) is 19.9 Å². The quantitative estimate of drug-likeness (QED) is 0.726. The highest BCUT2D eigenvalue weighted by Crippen LogP contribution is 2.15. The van der Waals surface area contributed by atoms with Crippen molar-refractivity contribution in [1.29, 1.82) is 0 Å². The molecule has 2 aromatic rings. The van der Waals surface area contributed by atoms with Crippen LogP contribution in [0.15, 0.2) is 48.5 Å². The van der Waals surface area contributed by atoms with E-state index in [1.807, 2.05) is 42.5 Å². The largest absolute Gasteiger partial charge is 0.294 e. The first-order valence-corrected chi connectivity index (χ1v) is 5.82. The molecule has 0 amide bonds. The van der Waals surface area contributed by atoms with Crippen molar-refractivity contribution < 1.29 is 4.79 Å². The van der Waals surface area contributed by atoms with Crippen LogP contribution < -0.4 is 0 Å². The molecule has 0 N–H and O–H groups in total. The average Bonchev–Trinajstić information content (AvgIpc) is 2.36. The minimum Gasteiger partial charge on any atom is -0.294 e. The predicted octanol–water partition coefficient (Wildman–Crippen LogP) is 3.73. The molecule has 0 unspecified atom stereocenters. The van der Waals surface area contributed by atoms with Crippen molar-refractivity contribution in [2.24, 2.45) is 0 Å². The molecule has 1 nitrogen and oxygen atoms in total. The zero-order chi connectivity index (χ0) is 12.3. The Balaban J connectivity index is 2.22. The molecule has 0 aliphatic carbocycles. The molecule has 0 aliphatic heterocycles. The maximum atomic E-state index is 12.1. The van der Waals surface area contributed by atoms with Gasteiger partial charge in [0.1, 0.15) is 0 Å². The number of carbonyl (C=O) groups excluding carboxylic acids is 1. The fourth-order valence-corrected chi connectivity index (χ4v) is 1.90. The summed E-state index contributed by atoms with van der Waals surface area (Å²) in [5.74, 6) is 0.180. The SMILES string of the molecule is Cc1cccc(CC(=O)c2ccccc2)c1C. The van der Waals surface area contributed by atoms with E-state index in [1.54, 1.807) is 0 Å². The molecule has 0 saturated heterocycles. The Morgan fingerprint density at radius 2 is 1.65 bits per heavy atom. The van der Waals surface area contributed by atoms with E-state index in [4.69, 9.17) is 0 Å². The van der Waals surface area contributed by atoms with Crippen molar-refractivity contribution in [3.05, 3.63) is 70.8 Å². The lowest BCUT2D eigenvalue weighted by molar-refractivity contribution is 0.0993. The Hall–Kier alpha value is -1.89. The van der Waals surface area contributed by atoms with Crippen LogP contribution >= 0.6 is 0 Å². The smallest absolute Gasteiger partial charge is 0.167 e. The zero-order valence-electron chi connectivity index (χ0n) is 10.2. The highest BCUT2D eigenvalue weighted by molar-refractivity contribution is 5.97. The summed E-state index contributed by atoms with van der Waals surface area (Å²) in [6.45, 7) is 4.15. The second-order valence-electron chi connectivity index (χ2n) is 4.33. The molecule has 2 rings (SSSR count). The number of rotatable bonds is 3. The third-order valence-corrected chi connectivity index (χ3v) is 3.16. The highest BCUT2D eigenvalue weighted by Gasteiger charge is 2.08. The van der Waals surface area contributed by atoms with E-state index in [1.165, 1.54) is 11.1 Å². The molecule has 86 valence electrons. The number of Topliss-reactive ketones (excluding diaryl/α,β-unsaturated/α-hetero) is 1. The van der Waals surface area contributed by atoms with Gasteiger partial charge in [-0.1, -0.05) is 48.5 Å². The summed E-state index contributed by atoms with van der Waals surface area (Å²) in [6.07, 6.45) is 0.484. The molecule has 0 heterocycles. The van der Waals surface area contributed by atoms with Crippen LogP contribution in [0, 0.1) is 13.8 Å². The van der Waals surface area contributed by atoms with Crippen LogP contribution in [0.25, 0.3) is 0 Å². The molecular weight excluding hydrogens is 208 g/mol. The van der Waals surface area contributed by atoms with E-state index in [0.29, 0.717) is 6.42 Å². The zero-order valence-corrected chi connectivity index (χ0v) is 10.2. The third kappa shape index (κ3) is 2.62. The molecule has 0 spiro atoms. The van der Waals surface area contributed by atoms with Gasteiger partial charge in [0.25, 0.3) is 0 Å². The first-order chi connectivity index (χ1) is 8.18. The van der Waals surface area contributed by atoms with Gasteiger partial charge in [0, 0.05) is 12.0 Å². The predicted molar refractivity (Wildman–Crippen MR) is 70.4 cm³/mol. The van der Waals surface area contributed by atoms with Crippen LogP contribution in [0.5, 0.6) is 0 Å². The van der Waals surface area contributed by atoms with Crippen LogP contribution in [-0.4, -0.2) is 5.78 Å². The lowest BCUT2D eigenvalue weighted by atomic mass is 9.97. The molecule has 0 saturated carbocycles. The second kappa shape index (κ2) is 4.96. The standard InChI is InChI=1S/C16H16O/c1-12-7-6-10-15(13(12)2)11-16(17)14-8-4-3-5-9-14/h3-10H,11H2,1-2H3. The van der Waals surface area contributed by atoms with Gasteiger partial charge in [-0.15, -0.1) is 0 Å². The molecule has 0 atom stereocenters. The van der Waals surface area contributed by atoms with Gasteiger partial charge in [-0.2, -0.15) is 0 Å². The van der Waals surface area contributed by atoms with Crippen molar-refractivity contribution in [2.45, 2.75) is 20.3 Å². The number of ketones is 1. The van der Waals surface area contributed by atoms with Gasteiger partial charge < -0.3 is 0 Å². The van der Waals surface area contributed by atoms with Gasteiger partial charge in [-0.25, -0.2) is 0 Å². The van der Waals surface area contributed by atoms with E-state index in [0.717, 1.165) is 11.1 Å². The lowest BCUT2D eigenvalue weighted by Crippen LogP contribution is -2.05. The van der Waals surface area contributed by atoms with Crippen LogP contribution in [0.3, 0.4) is 0 Å². The Morgan fingerprint density at radius 1 is 0.941 bits per heavy atom. The van der Waals surface area contributed by atoms with Crippen LogP contribution in [0.2, 0.25) is 0 Å². The molecule has 0 bridgehead atoms. The van der Waals surface area contributed by atoms with Gasteiger partial charge in [-0.3, -0.25) is 4.79 Å². The minimum atomic E-state index is 0.180. The van der Waals surface area contributed by atoms with E-state index >= 15 is 0 Å². The molecule has 0 radical (unpaired) electrons. The van der Waals surface area contributed by atoms with E-state index in [9.17, 15) is 4.79 Å². The summed E-state index contributed by atoms with van der Waals surface area (Å²) < 4.78 is 0. The normalized spacial score (nSPS) is 10.2. The molecule has 0 aromatic heterocycles. The molecule has 0 fully saturated rings. The molecule has 17 heavy (non-hydrogen) atoms. The Kier molecular flexibility index (Phi) is 3.38. The van der Waals surface area contributed by atoms with Gasteiger partial charge in [0.05, 0.1) is 0 Å². The molecule has 0 aliphatic rings. The fourth-order valence-electron chi connectivity index (χ4n) is 1.90. The Labute approximate surface area is 102 Å². The van der Waals surface area contributed by atoms with Crippen molar-refractivity contribution in [3.8, 4) is 0 Å². The van der Waals surface area contributed by atoms with Crippen molar-refractivity contribution in [1.82, 2.24) is 0 Å². The van der Waals surface area contributed by atoms with Crippen LogP contribution in [0.1, 0.15) is 27.0 Å². The summed E-state index contributed by atoms with van der Waals surface area (Å²) in [4.78, 5) is 12.1. The number of hydrogen-bond donors (Lipinski definition) is 0. The topological polar surface area (TPSA) is 17.1 Å². The molecule has 2 aromatic carbocycles. The number of aryl methyl sites for hydroxylation is 1. The lowest BCUT2D eigenvalue weighted by Gasteiger charge is -2.07. The van der Waals surface area contributed by atoms with E-state index in [-0.39, 0.29) is 5.78 Å². The maximum Gasteiger partial charge on any atom is 0.167 e. The van der Waals surface area contributed by atoms with Gasteiger partial charge in [0.15, 0.2) is 5.78 Å². The Bertz CT molecular complexity index is 526. The maximum absolute atomic E-state index is 12.1. The highest BCUT2D eigenvalue weighted by atomic mass is 16.1. The summed E-state index contributed by atoms with van der Waals surface area (Å²) in [6, 6.07) is 15.6. The second-order valence-corrected chi connectivity index (χ2v) is 4.33. The summed E-state index contributed by atoms with van der Waals surface area (Å²) in [5, 5.41) is 0. The van der Waals surface area contributed by atoms with Crippen molar-refractivity contribution in [2.75, 3.05) is 0 Å². The number of benzene rings is 2. The van der Waals surface area contributed by atoms with E-state index < -0.39 is 0 Å². The molecular formula is C16H16O. The van der Waals surface area contributed by atoms with Gasteiger partial charge in [0.2, 0.25) is 0 Å². The van der Waals surface area contributed by atoms with Gasteiger partial charge >= 0.3 is 0 Å². The van der Waals surface area contributed by atoms with Crippen molar-refractivity contribution >= 4 is 5.78 Å².